The van der Waals surface area contributed by atoms with Crippen LogP contribution < -0.4 is 5.32 Å². The number of rotatable bonds is 5. The summed E-state index contributed by atoms with van der Waals surface area (Å²) in [6.07, 6.45) is 1.04. The van der Waals surface area contributed by atoms with Crippen molar-refractivity contribution in [2.24, 2.45) is 11.8 Å². The third kappa shape index (κ3) is 4.53. The van der Waals surface area contributed by atoms with E-state index in [0.717, 1.165) is 6.42 Å². The van der Waals surface area contributed by atoms with Gasteiger partial charge in [-0.1, -0.05) is 32.9 Å². The van der Waals surface area contributed by atoms with Gasteiger partial charge in [0.25, 0.3) is 5.91 Å². The van der Waals surface area contributed by atoms with Gasteiger partial charge in [0, 0.05) is 24.7 Å². The van der Waals surface area contributed by atoms with E-state index in [1.54, 1.807) is 35.5 Å². The number of carbonyl (C=O) groups excluding carboxylic acids is 1. The Morgan fingerprint density at radius 2 is 1.76 bits per heavy atom. The van der Waals surface area contributed by atoms with Crippen LogP contribution >= 0.6 is 0 Å². The van der Waals surface area contributed by atoms with Gasteiger partial charge in [-0.15, -0.1) is 0 Å². The van der Waals surface area contributed by atoms with Gasteiger partial charge in [-0.05, 0) is 49.4 Å². The molecule has 0 bridgehead atoms. The van der Waals surface area contributed by atoms with Crippen molar-refractivity contribution < 1.29 is 17.7 Å². The second kappa shape index (κ2) is 8.28. The number of aromatic nitrogens is 1. The fraction of sp³-hybridized carbons (Fsp3) is 0.524. The molecule has 158 valence electrons. The van der Waals surface area contributed by atoms with Crippen molar-refractivity contribution in [2.75, 3.05) is 18.4 Å². The van der Waals surface area contributed by atoms with E-state index in [9.17, 15) is 13.2 Å². The average molecular weight is 420 g/mol. The molecule has 2 heterocycles. The molecule has 1 fully saturated rings. The van der Waals surface area contributed by atoms with Gasteiger partial charge >= 0.3 is 0 Å². The van der Waals surface area contributed by atoms with Crippen molar-refractivity contribution >= 4 is 21.6 Å². The number of aryl methyl sites for hydroxylation is 1. The Balaban J connectivity index is 1.77. The number of hydrogen-bond donors (Lipinski definition) is 1. The number of carbonyl (C=O) groups is 1. The van der Waals surface area contributed by atoms with E-state index in [1.807, 2.05) is 13.8 Å². The molecule has 0 aliphatic carbocycles. The Kier molecular flexibility index (Phi) is 6.14. The molecule has 8 heteroatoms. The zero-order valence-corrected chi connectivity index (χ0v) is 18.4. The van der Waals surface area contributed by atoms with Crippen LogP contribution in [0.5, 0.6) is 0 Å². The van der Waals surface area contributed by atoms with Crippen molar-refractivity contribution in [1.82, 2.24) is 9.46 Å². The molecule has 0 spiro atoms. The van der Waals surface area contributed by atoms with Crippen LogP contribution in [0.1, 0.15) is 61.8 Å². The molecule has 1 saturated heterocycles. The minimum atomic E-state index is -3.55. The summed E-state index contributed by atoms with van der Waals surface area (Å²) in [6, 6.07) is 6.30. The number of anilines is 1. The first-order valence-electron chi connectivity index (χ1n) is 9.97. The predicted molar refractivity (Wildman–Crippen MR) is 111 cm³/mol. The summed E-state index contributed by atoms with van der Waals surface area (Å²) >= 11 is 0. The Morgan fingerprint density at radius 3 is 2.31 bits per heavy atom. The van der Waals surface area contributed by atoms with Crippen molar-refractivity contribution in [3.8, 4) is 0 Å². The molecule has 1 aliphatic rings. The number of benzene rings is 1. The maximum absolute atomic E-state index is 13.0. The quantitative estimate of drug-likeness (QED) is 0.790. The third-order valence-electron chi connectivity index (χ3n) is 5.23. The SMILES string of the molecule is Cc1noc(C(C)C)c1C(=O)Nc1ccc(S(=O)(=O)N2C[C@H](C)C[C@@H](C)C2)cc1. The smallest absolute Gasteiger partial charge is 0.261 e. The fourth-order valence-corrected chi connectivity index (χ4v) is 5.59. The van der Waals surface area contributed by atoms with Gasteiger partial charge < -0.3 is 9.84 Å². The molecule has 0 radical (unpaired) electrons. The molecule has 1 amide bonds. The van der Waals surface area contributed by atoms with Gasteiger partial charge in [0.15, 0.2) is 5.76 Å². The van der Waals surface area contributed by atoms with Crippen LogP contribution in [0.15, 0.2) is 33.7 Å². The number of sulfonamides is 1. The molecule has 29 heavy (non-hydrogen) atoms. The lowest BCUT2D eigenvalue weighted by molar-refractivity contribution is 0.102. The molecule has 7 nitrogen and oxygen atoms in total. The number of nitrogens with zero attached hydrogens (tertiary/aromatic N) is 2. The molecular weight excluding hydrogens is 390 g/mol. The first-order valence-corrected chi connectivity index (χ1v) is 11.4. The second-order valence-electron chi connectivity index (χ2n) is 8.41. The Labute approximate surface area is 172 Å². The van der Waals surface area contributed by atoms with Crippen LogP contribution in [0.4, 0.5) is 5.69 Å². The summed E-state index contributed by atoms with van der Waals surface area (Å²) in [4.78, 5) is 12.9. The van der Waals surface area contributed by atoms with E-state index in [-0.39, 0.29) is 16.7 Å². The molecule has 3 rings (SSSR count). The van der Waals surface area contributed by atoms with Crippen molar-refractivity contribution in [1.29, 1.82) is 0 Å². The normalized spacial score (nSPS) is 20.8. The van der Waals surface area contributed by atoms with E-state index in [1.165, 1.54) is 0 Å². The largest absolute Gasteiger partial charge is 0.360 e. The highest BCUT2D eigenvalue weighted by Crippen LogP contribution is 2.28. The van der Waals surface area contributed by atoms with Gasteiger partial charge in [0.2, 0.25) is 10.0 Å². The standard InChI is InChI=1S/C21H29N3O4S/c1-13(2)20-19(16(5)23-28-20)21(25)22-17-6-8-18(9-7-17)29(26,27)24-11-14(3)10-15(4)12-24/h6-9,13-15H,10-12H2,1-5H3,(H,22,25)/t14-,15-/m1/s1. The number of hydrogen-bond acceptors (Lipinski definition) is 5. The highest BCUT2D eigenvalue weighted by Gasteiger charge is 2.31. The minimum Gasteiger partial charge on any atom is -0.360 e. The molecule has 1 N–H and O–H groups in total. The average Bonchev–Trinajstić information content (AvgIpc) is 3.03. The molecule has 0 unspecified atom stereocenters. The fourth-order valence-electron chi connectivity index (χ4n) is 3.91. The molecule has 1 aromatic heterocycles. The van der Waals surface area contributed by atoms with E-state index in [2.05, 4.69) is 24.3 Å². The van der Waals surface area contributed by atoms with Gasteiger partial charge in [0.05, 0.1) is 10.6 Å². The Bertz CT molecular complexity index is 970. The molecule has 1 aliphatic heterocycles. The zero-order valence-electron chi connectivity index (χ0n) is 17.6. The van der Waals surface area contributed by atoms with Crippen LogP contribution in [0.25, 0.3) is 0 Å². The van der Waals surface area contributed by atoms with Crippen molar-refractivity contribution in [2.45, 2.75) is 51.9 Å². The molecule has 2 aromatic rings. The van der Waals surface area contributed by atoms with Gasteiger partial charge in [-0.2, -0.15) is 4.31 Å². The lowest BCUT2D eigenvalue weighted by atomic mass is 9.94. The topological polar surface area (TPSA) is 92.5 Å². The monoisotopic (exact) mass is 419 g/mol. The second-order valence-corrected chi connectivity index (χ2v) is 10.3. The summed E-state index contributed by atoms with van der Waals surface area (Å²) in [7, 11) is -3.55. The maximum Gasteiger partial charge on any atom is 0.261 e. The van der Waals surface area contributed by atoms with E-state index < -0.39 is 10.0 Å². The van der Waals surface area contributed by atoms with Crippen LogP contribution in [-0.4, -0.2) is 36.9 Å². The zero-order chi connectivity index (χ0) is 21.3. The van der Waals surface area contributed by atoms with Crippen LogP contribution in [-0.2, 0) is 10.0 Å². The van der Waals surface area contributed by atoms with Gasteiger partial charge in [-0.25, -0.2) is 8.42 Å². The summed E-state index contributed by atoms with van der Waals surface area (Å²) in [5.74, 6) is 0.927. The maximum atomic E-state index is 13.0. The molecule has 2 atom stereocenters. The molecule has 1 aromatic carbocycles. The lowest BCUT2D eigenvalue weighted by Crippen LogP contribution is -2.42. The van der Waals surface area contributed by atoms with Crippen LogP contribution in [0, 0.1) is 18.8 Å². The molecule has 0 saturated carbocycles. The van der Waals surface area contributed by atoms with E-state index in [4.69, 9.17) is 4.52 Å². The van der Waals surface area contributed by atoms with Crippen molar-refractivity contribution in [3.63, 3.8) is 0 Å². The van der Waals surface area contributed by atoms with Crippen LogP contribution in [0.3, 0.4) is 0 Å². The Hall–Kier alpha value is -2.19. The number of amides is 1. The van der Waals surface area contributed by atoms with E-state index >= 15 is 0 Å². The predicted octanol–water partition coefficient (Wildman–Crippen LogP) is 4.03. The van der Waals surface area contributed by atoms with Crippen molar-refractivity contribution in [3.05, 3.63) is 41.3 Å². The lowest BCUT2D eigenvalue weighted by Gasteiger charge is -2.34. The number of nitrogens with one attached hydrogen (secondary N) is 1. The summed E-state index contributed by atoms with van der Waals surface area (Å²) in [5, 5.41) is 6.70. The summed E-state index contributed by atoms with van der Waals surface area (Å²) < 4.78 is 32.8. The summed E-state index contributed by atoms with van der Waals surface area (Å²) in [6.45, 7) is 10.8. The summed E-state index contributed by atoms with van der Waals surface area (Å²) in [5.41, 5.74) is 1.47. The highest BCUT2D eigenvalue weighted by molar-refractivity contribution is 7.89. The number of piperidine rings is 1. The minimum absolute atomic E-state index is 0.0267. The van der Waals surface area contributed by atoms with Gasteiger partial charge in [0.1, 0.15) is 5.56 Å². The first kappa shape index (κ1) is 21.5. The highest BCUT2D eigenvalue weighted by atomic mass is 32.2. The van der Waals surface area contributed by atoms with E-state index in [0.29, 0.717) is 47.6 Å². The third-order valence-corrected chi connectivity index (χ3v) is 7.07. The Morgan fingerprint density at radius 1 is 1.17 bits per heavy atom. The first-order chi connectivity index (χ1) is 13.6. The van der Waals surface area contributed by atoms with Gasteiger partial charge in [-0.3, -0.25) is 4.79 Å². The van der Waals surface area contributed by atoms with Crippen LogP contribution in [0.2, 0.25) is 0 Å². The molecular formula is C21H29N3O4S.